The second-order valence-corrected chi connectivity index (χ2v) is 6.08. The van der Waals surface area contributed by atoms with E-state index in [1.165, 1.54) is 0 Å². The topological polar surface area (TPSA) is 53.6 Å². The van der Waals surface area contributed by atoms with Gasteiger partial charge in [0.1, 0.15) is 0 Å². The number of hydrogen-bond donors (Lipinski definition) is 2. The molecular formula is C19H23N3O2. The molecule has 2 aromatic carbocycles. The number of amides is 2. The van der Waals surface area contributed by atoms with E-state index in [0.717, 1.165) is 42.1 Å². The molecule has 1 heterocycles. The Hall–Kier alpha value is -2.53. The van der Waals surface area contributed by atoms with Crippen LogP contribution in [0.25, 0.3) is 0 Å². The predicted octanol–water partition coefficient (Wildman–Crippen LogP) is 3.86. The second-order valence-electron chi connectivity index (χ2n) is 6.08. The zero-order valence-electron chi connectivity index (χ0n) is 14.1. The first-order valence-electron chi connectivity index (χ1n) is 8.16. The van der Waals surface area contributed by atoms with Crippen LogP contribution in [-0.4, -0.2) is 32.3 Å². The molecule has 1 saturated heterocycles. The van der Waals surface area contributed by atoms with Gasteiger partial charge in [0, 0.05) is 37.3 Å². The number of nitrogens with zero attached hydrogens (tertiary/aromatic N) is 1. The molecule has 1 unspecified atom stereocenters. The van der Waals surface area contributed by atoms with E-state index in [1.807, 2.05) is 55.5 Å². The maximum absolute atomic E-state index is 12.0. The Balaban J connectivity index is 1.56. The molecule has 2 aromatic rings. The van der Waals surface area contributed by atoms with Crippen molar-refractivity contribution in [2.45, 2.75) is 19.4 Å². The van der Waals surface area contributed by atoms with Crippen LogP contribution >= 0.6 is 0 Å². The van der Waals surface area contributed by atoms with E-state index in [9.17, 15) is 4.79 Å². The summed E-state index contributed by atoms with van der Waals surface area (Å²) in [7, 11) is 1.76. The SMILES string of the molecule is COC1CCN(c2ccc(NC(=O)Nc3ccc(C)cc3)cc2)C1. The average molecular weight is 325 g/mol. The highest BCUT2D eigenvalue weighted by Gasteiger charge is 2.22. The van der Waals surface area contributed by atoms with Crippen molar-refractivity contribution in [3.05, 3.63) is 54.1 Å². The molecule has 1 aliphatic heterocycles. The number of carbonyl (C=O) groups is 1. The molecule has 0 aromatic heterocycles. The van der Waals surface area contributed by atoms with Gasteiger partial charge in [-0.3, -0.25) is 0 Å². The van der Waals surface area contributed by atoms with Crippen LogP contribution in [0.15, 0.2) is 48.5 Å². The standard InChI is InChI=1S/C19H23N3O2/c1-14-3-5-15(6-4-14)20-19(23)21-16-7-9-17(10-8-16)22-12-11-18(13-22)24-2/h3-10,18H,11-13H2,1-2H3,(H2,20,21,23). The Labute approximate surface area is 142 Å². The van der Waals surface area contributed by atoms with Gasteiger partial charge in [-0.15, -0.1) is 0 Å². The number of aryl methyl sites for hydroxylation is 1. The second kappa shape index (κ2) is 7.36. The Morgan fingerprint density at radius 3 is 2.17 bits per heavy atom. The third kappa shape index (κ3) is 4.06. The molecule has 0 radical (unpaired) electrons. The van der Waals surface area contributed by atoms with Gasteiger partial charge in [-0.2, -0.15) is 0 Å². The molecular weight excluding hydrogens is 302 g/mol. The first kappa shape index (κ1) is 16.3. The summed E-state index contributed by atoms with van der Waals surface area (Å²) >= 11 is 0. The Morgan fingerprint density at radius 2 is 1.62 bits per heavy atom. The van der Waals surface area contributed by atoms with Crippen LogP contribution in [0.1, 0.15) is 12.0 Å². The van der Waals surface area contributed by atoms with Crippen LogP contribution in [0.4, 0.5) is 21.9 Å². The number of anilines is 3. The van der Waals surface area contributed by atoms with Crippen LogP contribution in [0.3, 0.4) is 0 Å². The molecule has 5 nitrogen and oxygen atoms in total. The number of carbonyl (C=O) groups excluding carboxylic acids is 1. The molecule has 0 aliphatic carbocycles. The highest BCUT2D eigenvalue weighted by atomic mass is 16.5. The lowest BCUT2D eigenvalue weighted by molar-refractivity contribution is 0.121. The summed E-state index contributed by atoms with van der Waals surface area (Å²) < 4.78 is 5.40. The van der Waals surface area contributed by atoms with Gasteiger partial charge < -0.3 is 20.3 Å². The summed E-state index contributed by atoms with van der Waals surface area (Å²) in [5, 5.41) is 5.67. The maximum Gasteiger partial charge on any atom is 0.323 e. The van der Waals surface area contributed by atoms with Crippen LogP contribution in [0.5, 0.6) is 0 Å². The molecule has 1 fully saturated rings. The van der Waals surface area contributed by atoms with E-state index >= 15 is 0 Å². The Morgan fingerprint density at radius 1 is 1.04 bits per heavy atom. The molecule has 5 heteroatoms. The summed E-state index contributed by atoms with van der Waals surface area (Å²) in [6, 6.07) is 15.4. The van der Waals surface area contributed by atoms with Crippen LogP contribution in [-0.2, 0) is 4.74 Å². The van der Waals surface area contributed by atoms with Gasteiger partial charge in [-0.05, 0) is 49.7 Å². The predicted molar refractivity (Wildman–Crippen MR) is 97.9 cm³/mol. The molecule has 2 amide bonds. The van der Waals surface area contributed by atoms with Crippen molar-refractivity contribution in [2.24, 2.45) is 0 Å². The molecule has 0 bridgehead atoms. The van der Waals surface area contributed by atoms with Gasteiger partial charge in [0.25, 0.3) is 0 Å². The third-order valence-corrected chi connectivity index (χ3v) is 4.28. The molecule has 2 N–H and O–H groups in total. The minimum Gasteiger partial charge on any atom is -0.380 e. The van der Waals surface area contributed by atoms with Gasteiger partial charge in [0.05, 0.1) is 6.10 Å². The minimum absolute atomic E-state index is 0.243. The van der Waals surface area contributed by atoms with Gasteiger partial charge >= 0.3 is 6.03 Å². The van der Waals surface area contributed by atoms with E-state index in [2.05, 4.69) is 15.5 Å². The van der Waals surface area contributed by atoms with Crippen LogP contribution in [0, 0.1) is 6.92 Å². The average Bonchev–Trinajstić information content (AvgIpc) is 3.07. The van der Waals surface area contributed by atoms with Crippen LogP contribution < -0.4 is 15.5 Å². The van der Waals surface area contributed by atoms with Gasteiger partial charge in [0.2, 0.25) is 0 Å². The first-order valence-corrected chi connectivity index (χ1v) is 8.16. The number of ether oxygens (including phenoxy) is 1. The highest BCUT2D eigenvalue weighted by Crippen LogP contribution is 2.23. The largest absolute Gasteiger partial charge is 0.380 e. The van der Waals surface area contributed by atoms with Gasteiger partial charge in [-0.1, -0.05) is 17.7 Å². The van der Waals surface area contributed by atoms with Crippen molar-refractivity contribution in [3.63, 3.8) is 0 Å². The molecule has 1 atom stereocenters. The minimum atomic E-state index is -0.243. The third-order valence-electron chi connectivity index (χ3n) is 4.28. The lowest BCUT2D eigenvalue weighted by atomic mass is 10.2. The van der Waals surface area contributed by atoms with Crippen molar-refractivity contribution in [2.75, 3.05) is 35.7 Å². The van der Waals surface area contributed by atoms with E-state index in [0.29, 0.717) is 6.10 Å². The summed E-state index contributed by atoms with van der Waals surface area (Å²) in [5.74, 6) is 0. The first-order chi connectivity index (χ1) is 11.6. The van der Waals surface area contributed by atoms with E-state index in [4.69, 9.17) is 4.74 Å². The fourth-order valence-electron chi connectivity index (χ4n) is 2.84. The lowest BCUT2D eigenvalue weighted by Crippen LogP contribution is -2.22. The van der Waals surface area contributed by atoms with Crippen LogP contribution in [0.2, 0.25) is 0 Å². The molecule has 1 aliphatic rings. The van der Waals surface area contributed by atoms with Crippen molar-refractivity contribution in [1.29, 1.82) is 0 Å². The monoisotopic (exact) mass is 325 g/mol. The van der Waals surface area contributed by atoms with Crippen molar-refractivity contribution < 1.29 is 9.53 Å². The van der Waals surface area contributed by atoms with Gasteiger partial charge in [0.15, 0.2) is 0 Å². The Kier molecular flexibility index (Phi) is 5.01. The zero-order chi connectivity index (χ0) is 16.9. The molecule has 3 rings (SSSR count). The fraction of sp³-hybridized carbons (Fsp3) is 0.316. The molecule has 126 valence electrons. The number of benzene rings is 2. The highest BCUT2D eigenvalue weighted by molar-refractivity contribution is 5.99. The van der Waals surface area contributed by atoms with Crippen molar-refractivity contribution >= 4 is 23.1 Å². The number of nitrogens with one attached hydrogen (secondary N) is 2. The Bertz CT molecular complexity index is 683. The zero-order valence-corrected chi connectivity index (χ0v) is 14.1. The number of methoxy groups -OCH3 is 1. The summed E-state index contributed by atoms with van der Waals surface area (Å²) in [6.07, 6.45) is 1.36. The van der Waals surface area contributed by atoms with E-state index in [1.54, 1.807) is 7.11 Å². The molecule has 24 heavy (non-hydrogen) atoms. The maximum atomic E-state index is 12.0. The number of urea groups is 1. The summed E-state index contributed by atoms with van der Waals surface area (Å²) in [6.45, 7) is 3.93. The normalized spacial score (nSPS) is 16.9. The van der Waals surface area contributed by atoms with Gasteiger partial charge in [-0.25, -0.2) is 4.79 Å². The summed E-state index contributed by atoms with van der Waals surface area (Å²) in [5.41, 5.74) is 3.86. The lowest BCUT2D eigenvalue weighted by Gasteiger charge is -2.18. The number of rotatable bonds is 4. The smallest absolute Gasteiger partial charge is 0.323 e. The summed E-state index contributed by atoms with van der Waals surface area (Å²) in [4.78, 5) is 14.3. The number of hydrogen-bond acceptors (Lipinski definition) is 3. The quantitative estimate of drug-likeness (QED) is 0.897. The fourth-order valence-corrected chi connectivity index (χ4v) is 2.84. The molecule has 0 saturated carbocycles. The molecule has 0 spiro atoms. The van der Waals surface area contributed by atoms with Crippen molar-refractivity contribution in [3.8, 4) is 0 Å². The van der Waals surface area contributed by atoms with Crippen molar-refractivity contribution in [1.82, 2.24) is 0 Å². The van der Waals surface area contributed by atoms with E-state index in [-0.39, 0.29) is 6.03 Å². The van der Waals surface area contributed by atoms with E-state index < -0.39 is 0 Å².